The third-order valence-electron chi connectivity index (χ3n) is 4.76. The third kappa shape index (κ3) is 4.89. The van der Waals surface area contributed by atoms with E-state index in [1.54, 1.807) is 0 Å². The van der Waals surface area contributed by atoms with Gasteiger partial charge in [-0.1, -0.05) is 33.1 Å². The summed E-state index contributed by atoms with van der Waals surface area (Å²) in [6.45, 7) is 9.61. The van der Waals surface area contributed by atoms with Crippen molar-refractivity contribution >= 4 is 0 Å². The molecule has 0 amide bonds. The van der Waals surface area contributed by atoms with E-state index < -0.39 is 0 Å². The van der Waals surface area contributed by atoms with Gasteiger partial charge in [-0.15, -0.1) is 0 Å². The SMILES string of the molecule is CCCCN(CC1CCCCC1NC)C(C)CC. The van der Waals surface area contributed by atoms with Gasteiger partial charge in [0.25, 0.3) is 0 Å². The highest BCUT2D eigenvalue weighted by Crippen LogP contribution is 2.26. The van der Waals surface area contributed by atoms with Gasteiger partial charge < -0.3 is 10.2 Å². The van der Waals surface area contributed by atoms with Crippen molar-refractivity contribution in [3.63, 3.8) is 0 Å². The van der Waals surface area contributed by atoms with Crippen LogP contribution in [0.2, 0.25) is 0 Å². The van der Waals surface area contributed by atoms with Gasteiger partial charge in [-0.25, -0.2) is 0 Å². The molecule has 1 N–H and O–H groups in total. The van der Waals surface area contributed by atoms with Crippen molar-refractivity contribution in [3.8, 4) is 0 Å². The largest absolute Gasteiger partial charge is 0.317 e. The Morgan fingerprint density at radius 1 is 1.22 bits per heavy atom. The van der Waals surface area contributed by atoms with Crippen molar-refractivity contribution < 1.29 is 0 Å². The molecular weight excluding hydrogens is 220 g/mol. The van der Waals surface area contributed by atoms with Crippen LogP contribution < -0.4 is 5.32 Å². The Labute approximate surface area is 115 Å². The molecule has 2 heteroatoms. The summed E-state index contributed by atoms with van der Waals surface area (Å²) in [6.07, 6.45) is 9.59. The molecule has 18 heavy (non-hydrogen) atoms. The summed E-state index contributed by atoms with van der Waals surface area (Å²) in [4.78, 5) is 2.74. The van der Waals surface area contributed by atoms with E-state index in [9.17, 15) is 0 Å². The molecule has 3 atom stereocenters. The fourth-order valence-electron chi connectivity index (χ4n) is 3.22. The van der Waals surface area contributed by atoms with Crippen molar-refractivity contribution in [2.75, 3.05) is 20.1 Å². The Kier molecular flexibility index (Phi) is 7.92. The van der Waals surface area contributed by atoms with E-state index >= 15 is 0 Å². The predicted octanol–water partition coefficient (Wildman–Crippen LogP) is 3.67. The smallest absolute Gasteiger partial charge is 0.0104 e. The fraction of sp³-hybridized carbons (Fsp3) is 1.00. The minimum Gasteiger partial charge on any atom is -0.317 e. The number of hydrogen-bond acceptors (Lipinski definition) is 2. The second kappa shape index (κ2) is 8.92. The quantitative estimate of drug-likeness (QED) is 0.711. The Bertz CT molecular complexity index is 205. The molecule has 1 saturated carbocycles. The lowest BCUT2D eigenvalue weighted by Crippen LogP contribution is -2.45. The summed E-state index contributed by atoms with van der Waals surface area (Å²) in [5.74, 6) is 0.870. The van der Waals surface area contributed by atoms with E-state index in [0.717, 1.165) is 18.0 Å². The summed E-state index contributed by atoms with van der Waals surface area (Å²) < 4.78 is 0. The van der Waals surface area contributed by atoms with E-state index in [1.165, 1.54) is 58.0 Å². The first-order valence-electron chi connectivity index (χ1n) is 8.14. The predicted molar refractivity (Wildman–Crippen MR) is 81.0 cm³/mol. The van der Waals surface area contributed by atoms with E-state index in [2.05, 4.69) is 38.0 Å². The Morgan fingerprint density at radius 2 is 1.94 bits per heavy atom. The second-order valence-corrected chi connectivity index (χ2v) is 6.05. The third-order valence-corrected chi connectivity index (χ3v) is 4.76. The summed E-state index contributed by atoms with van der Waals surface area (Å²) in [5.41, 5.74) is 0. The molecule has 1 aliphatic carbocycles. The van der Waals surface area contributed by atoms with Gasteiger partial charge in [-0.05, 0) is 52.1 Å². The molecule has 0 aromatic carbocycles. The standard InChI is InChI=1S/C16H34N2/c1-5-7-12-18(14(3)6-2)13-15-10-8-9-11-16(15)17-4/h14-17H,5-13H2,1-4H3. The number of rotatable bonds is 8. The molecule has 0 bridgehead atoms. The maximum absolute atomic E-state index is 3.55. The van der Waals surface area contributed by atoms with Gasteiger partial charge in [-0.3, -0.25) is 0 Å². The lowest BCUT2D eigenvalue weighted by Gasteiger charge is -2.38. The molecule has 3 unspecified atom stereocenters. The molecule has 0 heterocycles. The first-order valence-corrected chi connectivity index (χ1v) is 8.14. The van der Waals surface area contributed by atoms with Crippen molar-refractivity contribution in [1.29, 1.82) is 0 Å². The molecule has 0 radical (unpaired) electrons. The zero-order valence-electron chi connectivity index (χ0n) is 13.0. The molecule has 1 aliphatic rings. The van der Waals surface area contributed by atoms with E-state index in [-0.39, 0.29) is 0 Å². The van der Waals surface area contributed by atoms with Gasteiger partial charge >= 0.3 is 0 Å². The molecule has 0 aromatic heterocycles. The Morgan fingerprint density at radius 3 is 2.56 bits per heavy atom. The van der Waals surface area contributed by atoms with Crippen LogP contribution in [0, 0.1) is 5.92 Å². The Balaban J connectivity index is 2.51. The van der Waals surface area contributed by atoms with Crippen LogP contribution >= 0.6 is 0 Å². The first kappa shape index (κ1) is 16.0. The zero-order chi connectivity index (χ0) is 13.4. The van der Waals surface area contributed by atoms with Crippen molar-refractivity contribution in [1.82, 2.24) is 10.2 Å². The van der Waals surface area contributed by atoms with Gasteiger partial charge in [0.1, 0.15) is 0 Å². The molecule has 0 aromatic rings. The van der Waals surface area contributed by atoms with Crippen LogP contribution in [-0.4, -0.2) is 37.1 Å². The molecule has 108 valence electrons. The molecule has 2 nitrogen and oxygen atoms in total. The topological polar surface area (TPSA) is 15.3 Å². The van der Waals surface area contributed by atoms with Gasteiger partial charge in [0.05, 0.1) is 0 Å². The number of nitrogens with one attached hydrogen (secondary N) is 1. The van der Waals surface area contributed by atoms with Gasteiger partial charge in [0, 0.05) is 18.6 Å². The normalized spacial score (nSPS) is 26.5. The molecule has 1 rings (SSSR count). The second-order valence-electron chi connectivity index (χ2n) is 6.05. The van der Waals surface area contributed by atoms with Crippen LogP contribution in [0.15, 0.2) is 0 Å². The van der Waals surface area contributed by atoms with Gasteiger partial charge in [-0.2, -0.15) is 0 Å². The minimum atomic E-state index is 0.746. The van der Waals surface area contributed by atoms with Crippen molar-refractivity contribution in [2.45, 2.75) is 77.8 Å². The fourth-order valence-corrected chi connectivity index (χ4v) is 3.22. The van der Waals surface area contributed by atoms with E-state index in [4.69, 9.17) is 0 Å². The summed E-state index contributed by atoms with van der Waals surface area (Å²) in [5, 5.41) is 3.55. The van der Waals surface area contributed by atoms with Crippen LogP contribution in [0.4, 0.5) is 0 Å². The number of hydrogen-bond donors (Lipinski definition) is 1. The lowest BCUT2D eigenvalue weighted by atomic mass is 9.84. The van der Waals surface area contributed by atoms with Crippen LogP contribution in [0.3, 0.4) is 0 Å². The molecular formula is C16H34N2. The van der Waals surface area contributed by atoms with Crippen LogP contribution in [0.1, 0.15) is 65.7 Å². The average Bonchev–Trinajstić information content (AvgIpc) is 2.42. The lowest BCUT2D eigenvalue weighted by molar-refractivity contribution is 0.133. The van der Waals surface area contributed by atoms with Gasteiger partial charge in [0.2, 0.25) is 0 Å². The number of nitrogens with zero attached hydrogens (tertiary/aromatic N) is 1. The van der Waals surface area contributed by atoms with E-state index in [0.29, 0.717) is 0 Å². The molecule has 0 aliphatic heterocycles. The molecule has 0 saturated heterocycles. The maximum atomic E-state index is 3.55. The zero-order valence-corrected chi connectivity index (χ0v) is 13.0. The molecule has 1 fully saturated rings. The average molecular weight is 254 g/mol. The van der Waals surface area contributed by atoms with E-state index in [1.807, 2.05) is 0 Å². The van der Waals surface area contributed by atoms with Crippen LogP contribution in [0.25, 0.3) is 0 Å². The summed E-state index contributed by atoms with van der Waals surface area (Å²) >= 11 is 0. The number of unbranched alkanes of at least 4 members (excludes halogenated alkanes) is 1. The first-order chi connectivity index (χ1) is 8.72. The van der Waals surface area contributed by atoms with Crippen LogP contribution in [0.5, 0.6) is 0 Å². The summed E-state index contributed by atoms with van der Waals surface area (Å²) in [7, 11) is 2.14. The highest BCUT2D eigenvalue weighted by molar-refractivity contribution is 4.83. The monoisotopic (exact) mass is 254 g/mol. The van der Waals surface area contributed by atoms with Crippen LogP contribution in [-0.2, 0) is 0 Å². The maximum Gasteiger partial charge on any atom is 0.0104 e. The minimum absolute atomic E-state index is 0.746. The summed E-state index contributed by atoms with van der Waals surface area (Å²) in [6, 6.07) is 1.50. The highest BCUT2D eigenvalue weighted by Gasteiger charge is 2.26. The van der Waals surface area contributed by atoms with Crippen molar-refractivity contribution in [3.05, 3.63) is 0 Å². The molecule has 0 spiro atoms. The highest BCUT2D eigenvalue weighted by atomic mass is 15.2. The van der Waals surface area contributed by atoms with Gasteiger partial charge in [0.15, 0.2) is 0 Å². The van der Waals surface area contributed by atoms with Crippen molar-refractivity contribution in [2.24, 2.45) is 5.92 Å². The Hall–Kier alpha value is -0.0800.